The van der Waals surface area contributed by atoms with Crippen LogP contribution in [0.1, 0.15) is 5.56 Å². The van der Waals surface area contributed by atoms with Gasteiger partial charge in [-0.05, 0) is 30.3 Å². The van der Waals surface area contributed by atoms with Gasteiger partial charge in [0, 0.05) is 11.8 Å². The maximum atomic E-state index is 12.7. The van der Waals surface area contributed by atoms with Crippen molar-refractivity contribution in [3.05, 3.63) is 47.0 Å². The molecule has 9 heteroatoms. The Hall–Kier alpha value is -2.61. The zero-order valence-electron chi connectivity index (χ0n) is 12.6. The highest BCUT2D eigenvalue weighted by Crippen LogP contribution is 2.35. The third-order valence-electron chi connectivity index (χ3n) is 3.39. The van der Waals surface area contributed by atoms with E-state index in [1.807, 2.05) is 0 Å². The Kier molecular flexibility index (Phi) is 4.63. The van der Waals surface area contributed by atoms with Gasteiger partial charge in [-0.1, -0.05) is 11.6 Å². The van der Waals surface area contributed by atoms with Crippen molar-refractivity contribution >= 4 is 28.9 Å². The molecule has 5 nitrogen and oxygen atoms in total. The molecule has 25 heavy (non-hydrogen) atoms. The molecule has 0 saturated carbocycles. The smallest absolute Gasteiger partial charge is 0.416 e. The predicted molar refractivity (Wildman–Crippen MR) is 86.1 cm³/mol. The summed E-state index contributed by atoms with van der Waals surface area (Å²) in [6, 6.07) is 7.73. The van der Waals surface area contributed by atoms with Crippen LogP contribution in [0.3, 0.4) is 0 Å². The van der Waals surface area contributed by atoms with Crippen LogP contribution in [0.4, 0.5) is 24.5 Å². The second kappa shape index (κ2) is 6.72. The minimum atomic E-state index is -4.49. The number of nitrogens with one attached hydrogen (secondary N) is 2. The first kappa shape index (κ1) is 17.2. The highest BCUT2D eigenvalue weighted by atomic mass is 35.5. The molecule has 0 bridgehead atoms. The summed E-state index contributed by atoms with van der Waals surface area (Å²) in [6.07, 6.45) is -4.49. The van der Waals surface area contributed by atoms with Crippen molar-refractivity contribution in [3.8, 4) is 11.5 Å². The lowest BCUT2D eigenvalue weighted by atomic mass is 10.2. The molecule has 2 aromatic rings. The predicted octanol–water partition coefficient (Wildman–Crippen LogP) is 4.14. The van der Waals surface area contributed by atoms with Crippen molar-refractivity contribution in [2.45, 2.75) is 6.18 Å². The van der Waals surface area contributed by atoms with Crippen LogP contribution in [0, 0.1) is 0 Å². The van der Waals surface area contributed by atoms with Crippen molar-refractivity contribution in [1.29, 1.82) is 0 Å². The number of carbonyl (C=O) groups excluding carboxylic acids is 1. The van der Waals surface area contributed by atoms with Gasteiger partial charge >= 0.3 is 6.18 Å². The van der Waals surface area contributed by atoms with E-state index in [1.54, 1.807) is 18.2 Å². The Labute approximate surface area is 145 Å². The summed E-state index contributed by atoms with van der Waals surface area (Å²) in [6.45, 7) is -0.141. The lowest BCUT2D eigenvalue weighted by Gasteiger charge is -2.12. The standard InChI is InChI=1S/C16H12ClF3N2O3/c17-11-3-1-9(16(18,19)20)5-12(11)21-7-15(23)22-10-2-4-13-14(6-10)25-8-24-13/h1-6,21H,7-8H2,(H,22,23). The fourth-order valence-electron chi connectivity index (χ4n) is 2.19. The quantitative estimate of drug-likeness (QED) is 0.847. The average molecular weight is 373 g/mol. The molecular weight excluding hydrogens is 361 g/mol. The zero-order chi connectivity index (χ0) is 18.0. The van der Waals surface area contributed by atoms with Crippen LogP contribution in [0.25, 0.3) is 0 Å². The molecule has 1 amide bonds. The molecule has 3 rings (SSSR count). The molecular formula is C16H12ClF3N2O3. The van der Waals surface area contributed by atoms with Crippen molar-refractivity contribution < 1.29 is 27.4 Å². The van der Waals surface area contributed by atoms with Gasteiger partial charge in [0.15, 0.2) is 11.5 Å². The van der Waals surface area contributed by atoms with Crippen molar-refractivity contribution in [1.82, 2.24) is 0 Å². The van der Waals surface area contributed by atoms with E-state index in [-0.39, 0.29) is 24.0 Å². The fraction of sp³-hybridized carbons (Fsp3) is 0.188. The molecule has 2 N–H and O–H groups in total. The molecule has 2 aromatic carbocycles. The van der Waals surface area contributed by atoms with Crippen LogP contribution in [0.2, 0.25) is 5.02 Å². The molecule has 0 radical (unpaired) electrons. The number of rotatable bonds is 4. The number of hydrogen-bond donors (Lipinski definition) is 2. The van der Waals surface area contributed by atoms with Gasteiger partial charge < -0.3 is 20.1 Å². The average Bonchev–Trinajstić information content (AvgIpc) is 3.00. The SMILES string of the molecule is O=C(CNc1cc(C(F)(F)F)ccc1Cl)Nc1ccc2c(c1)OCO2. The first-order valence-electron chi connectivity index (χ1n) is 7.13. The second-order valence-electron chi connectivity index (χ2n) is 5.16. The third-order valence-corrected chi connectivity index (χ3v) is 3.72. The van der Waals surface area contributed by atoms with E-state index >= 15 is 0 Å². The zero-order valence-corrected chi connectivity index (χ0v) is 13.4. The maximum absolute atomic E-state index is 12.7. The van der Waals surface area contributed by atoms with Gasteiger partial charge in [-0.15, -0.1) is 0 Å². The second-order valence-corrected chi connectivity index (χ2v) is 5.57. The van der Waals surface area contributed by atoms with E-state index in [1.165, 1.54) is 0 Å². The van der Waals surface area contributed by atoms with E-state index in [4.69, 9.17) is 21.1 Å². The third kappa shape index (κ3) is 4.08. The Balaban J connectivity index is 1.63. The number of fused-ring (bicyclic) bond motifs is 1. The van der Waals surface area contributed by atoms with Gasteiger partial charge in [-0.2, -0.15) is 13.2 Å². The Morgan fingerprint density at radius 3 is 2.64 bits per heavy atom. The van der Waals surface area contributed by atoms with Crippen LogP contribution in [-0.2, 0) is 11.0 Å². The minimum absolute atomic E-state index is 0.0253. The normalized spacial score (nSPS) is 12.8. The van der Waals surface area contributed by atoms with Crippen molar-refractivity contribution in [2.24, 2.45) is 0 Å². The summed E-state index contributed by atoms with van der Waals surface area (Å²) in [5, 5.41) is 5.29. The van der Waals surface area contributed by atoms with Crippen molar-refractivity contribution in [2.75, 3.05) is 24.0 Å². The molecule has 0 aromatic heterocycles. The van der Waals surface area contributed by atoms with Gasteiger partial charge in [-0.25, -0.2) is 0 Å². The highest BCUT2D eigenvalue weighted by Gasteiger charge is 2.31. The summed E-state index contributed by atoms with van der Waals surface area (Å²) in [5.41, 5.74) is -0.348. The van der Waals surface area contributed by atoms with Crippen LogP contribution in [0.15, 0.2) is 36.4 Å². The maximum Gasteiger partial charge on any atom is 0.416 e. The minimum Gasteiger partial charge on any atom is -0.454 e. The molecule has 0 unspecified atom stereocenters. The van der Waals surface area contributed by atoms with E-state index in [0.29, 0.717) is 17.2 Å². The van der Waals surface area contributed by atoms with Crippen LogP contribution in [-0.4, -0.2) is 19.2 Å². The Bertz CT molecular complexity index is 812. The van der Waals surface area contributed by atoms with Gasteiger partial charge in [0.1, 0.15) is 0 Å². The number of benzene rings is 2. The summed E-state index contributed by atoms with van der Waals surface area (Å²) < 4.78 is 48.5. The molecule has 1 heterocycles. The van der Waals surface area contributed by atoms with Crippen LogP contribution >= 0.6 is 11.6 Å². The van der Waals surface area contributed by atoms with E-state index in [2.05, 4.69) is 10.6 Å². The summed E-state index contributed by atoms with van der Waals surface area (Å²) in [4.78, 5) is 12.0. The van der Waals surface area contributed by atoms with Crippen LogP contribution < -0.4 is 20.1 Å². The van der Waals surface area contributed by atoms with Crippen molar-refractivity contribution in [3.63, 3.8) is 0 Å². The summed E-state index contributed by atoms with van der Waals surface area (Å²) in [7, 11) is 0. The Morgan fingerprint density at radius 2 is 1.88 bits per heavy atom. The van der Waals surface area contributed by atoms with Gasteiger partial charge in [0.2, 0.25) is 12.7 Å². The van der Waals surface area contributed by atoms with Gasteiger partial charge in [0.25, 0.3) is 0 Å². The monoisotopic (exact) mass is 372 g/mol. The van der Waals surface area contributed by atoms with Gasteiger partial charge in [-0.3, -0.25) is 4.79 Å². The fourth-order valence-corrected chi connectivity index (χ4v) is 2.38. The number of amides is 1. The highest BCUT2D eigenvalue weighted by molar-refractivity contribution is 6.33. The lowest BCUT2D eigenvalue weighted by Crippen LogP contribution is -2.22. The number of hydrogen-bond acceptors (Lipinski definition) is 4. The number of carbonyl (C=O) groups is 1. The molecule has 0 fully saturated rings. The van der Waals surface area contributed by atoms with E-state index in [0.717, 1.165) is 18.2 Å². The summed E-state index contributed by atoms with van der Waals surface area (Å²) >= 11 is 5.86. The van der Waals surface area contributed by atoms with E-state index in [9.17, 15) is 18.0 Å². The number of ether oxygens (including phenoxy) is 2. The van der Waals surface area contributed by atoms with E-state index < -0.39 is 17.6 Å². The number of halogens is 4. The Morgan fingerprint density at radius 1 is 1.12 bits per heavy atom. The topological polar surface area (TPSA) is 59.6 Å². The van der Waals surface area contributed by atoms with Gasteiger partial charge in [0.05, 0.1) is 22.8 Å². The largest absolute Gasteiger partial charge is 0.454 e. The lowest BCUT2D eigenvalue weighted by molar-refractivity contribution is -0.137. The molecule has 0 atom stereocenters. The molecule has 1 aliphatic rings. The van der Waals surface area contributed by atoms with Crippen LogP contribution in [0.5, 0.6) is 11.5 Å². The summed E-state index contributed by atoms with van der Waals surface area (Å²) in [5.74, 6) is 0.630. The first-order valence-corrected chi connectivity index (χ1v) is 7.51. The molecule has 0 aliphatic carbocycles. The molecule has 132 valence electrons. The number of alkyl halides is 3. The number of anilines is 2. The molecule has 0 saturated heterocycles. The molecule has 1 aliphatic heterocycles. The first-order chi connectivity index (χ1) is 11.8. The molecule has 0 spiro atoms.